The van der Waals surface area contributed by atoms with Gasteiger partial charge in [-0.25, -0.2) is 4.98 Å². The number of benzene rings is 1. The highest BCUT2D eigenvalue weighted by atomic mass is 16.5. The van der Waals surface area contributed by atoms with Gasteiger partial charge in [-0.1, -0.05) is 49.3 Å². The van der Waals surface area contributed by atoms with Gasteiger partial charge in [0.25, 0.3) is 5.71 Å². The summed E-state index contributed by atoms with van der Waals surface area (Å²) < 4.78 is 5.26. The number of hydrogen-bond acceptors (Lipinski definition) is 5. The van der Waals surface area contributed by atoms with Crippen LogP contribution in [0.1, 0.15) is 25.1 Å². The fourth-order valence-electron chi connectivity index (χ4n) is 3.58. The lowest BCUT2D eigenvalue weighted by molar-refractivity contribution is 0.238. The van der Waals surface area contributed by atoms with Crippen LogP contribution in [0.15, 0.2) is 41.2 Å². The number of rotatable bonds is 3. The minimum Gasteiger partial charge on any atom is -0.354 e. The SMILES string of the molecule is Cc1noc2ncnc(N3CC(c4ccccc4)(C(C)C)C3)c12. The molecule has 118 valence electrons. The lowest BCUT2D eigenvalue weighted by Gasteiger charge is -2.54. The van der Waals surface area contributed by atoms with Crippen LogP contribution in [-0.4, -0.2) is 28.2 Å². The van der Waals surface area contributed by atoms with Crippen LogP contribution in [0.25, 0.3) is 11.1 Å². The summed E-state index contributed by atoms with van der Waals surface area (Å²) in [5.41, 5.74) is 2.98. The highest BCUT2D eigenvalue weighted by Crippen LogP contribution is 2.44. The first kappa shape index (κ1) is 14.2. The van der Waals surface area contributed by atoms with Crippen LogP contribution in [-0.2, 0) is 5.41 Å². The number of anilines is 1. The van der Waals surface area contributed by atoms with Crippen molar-refractivity contribution in [3.8, 4) is 0 Å². The van der Waals surface area contributed by atoms with E-state index < -0.39 is 0 Å². The lowest BCUT2D eigenvalue weighted by atomic mass is 9.66. The Kier molecular flexibility index (Phi) is 3.11. The van der Waals surface area contributed by atoms with Crippen LogP contribution < -0.4 is 4.90 Å². The first-order valence-corrected chi connectivity index (χ1v) is 7.99. The molecular weight excluding hydrogens is 288 g/mol. The summed E-state index contributed by atoms with van der Waals surface area (Å²) in [6.07, 6.45) is 1.56. The molecule has 23 heavy (non-hydrogen) atoms. The van der Waals surface area contributed by atoms with Gasteiger partial charge in [-0.15, -0.1) is 0 Å². The van der Waals surface area contributed by atoms with E-state index in [1.54, 1.807) is 6.33 Å². The fraction of sp³-hybridized carbons (Fsp3) is 0.389. The van der Waals surface area contributed by atoms with Crippen molar-refractivity contribution in [2.75, 3.05) is 18.0 Å². The lowest BCUT2D eigenvalue weighted by Crippen LogP contribution is -2.62. The normalized spacial score (nSPS) is 16.8. The molecule has 3 heterocycles. The molecule has 1 fully saturated rings. The molecule has 1 saturated heterocycles. The summed E-state index contributed by atoms with van der Waals surface area (Å²) >= 11 is 0. The van der Waals surface area contributed by atoms with Gasteiger partial charge in [0, 0.05) is 18.5 Å². The van der Waals surface area contributed by atoms with Gasteiger partial charge in [0.2, 0.25) is 0 Å². The molecule has 0 aliphatic carbocycles. The van der Waals surface area contributed by atoms with E-state index in [0.717, 1.165) is 30.0 Å². The molecule has 1 aliphatic heterocycles. The van der Waals surface area contributed by atoms with Gasteiger partial charge in [0.1, 0.15) is 17.5 Å². The van der Waals surface area contributed by atoms with Crippen molar-refractivity contribution in [3.05, 3.63) is 47.9 Å². The molecule has 2 aromatic heterocycles. The topological polar surface area (TPSA) is 55.1 Å². The Balaban J connectivity index is 1.71. The second-order valence-electron chi connectivity index (χ2n) is 6.68. The maximum atomic E-state index is 5.26. The zero-order chi connectivity index (χ0) is 16.0. The molecule has 0 spiro atoms. The van der Waals surface area contributed by atoms with Crippen molar-refractivity contribution in [3.63, 3.8) is 0 Å². The summed E-state index contributed by atoms with van der Waals surface area (Å²) in [6, 6.07) is 10.8. The molecule has 1 aliphatic rings. The van der Waals surface area contributed by atoms with Crippen molar-refractivity contribution < 1.29 is 4.52 Å². The largest absolute Gasteiger partial charge is 0.354 e. The second kappa shape index (κ2) is 5.05. The maximum absolute atomic E-state index is 5.26. The summed E-state index contributed by atoms with van der Waals surface area (Å²) in [7, 11) is 0. The van der Waals surface area contributed by atoms with E-state index in [4.69, 9.17) is 4.52 Å². The van der Waals surface area contributed by atoms with Crippen molar-refractivity contribution in [1.29, 1.82) is 0 Å². The maximum Gasteiger partial charge on any atom is 0.263 e. The van der Waals surface area contributed by atoms with E-state index in [1.165, 1.54) is 5.56 Å². The van der Waals surface area contributed by atoms with Gasteiger partial charge < -0.3 is 9.42 Å². The molecule has 0 bridgehead atoms. The number of fused-ring (bicyclic) bond motifs is 1. The highest BCUT2D eigenvalue weighted by Gasteiger charge is 2.47. The third kappa shape index (κ3) is 2.03. The minimum absolute atomic E-state index is 0.170. The van der Waals surface area contributed by atoms with E-state index in [1.807, 2.05) is 6.92 Å². The zero-order valence-electron chi connectivity index (χ0n) is 13.7. The van der Waals surface area contributed by atoms with E-state index in [2.05, 4.69) is 64.2 Å². The average Bonchev–Trinajstić information content (AvgIpc) is 2.89. The monoisotopic (exact) mass is 308 g/mol. The van der Waals surface area contributed by atoms with Crippen LogP contribution in [0, 0.1) is 12.8 Å². The third-order valence-electron chi connectivity index (χ3n) is 5.12. The summed E-state index contributed by atoms with van der Waals surface area (Å²) in [5, 5.41) is 4.95. The predicted molar refractivity (Wildman–Crippen MR) is 89.5 cm³/mol. The highest BCUT2D eigenvalue weighted by molar-refractivity contribution is 5.88. The Hall–Kier alpha value is -2.43. The van der Waals surface area contributed by atoms with Crippen LogP contribution in [0.3, 0.4) is 0 Å². The van der Waals surface area contributed by atoms with Crippen LogP contribution >= 0.6 is 0 Å². The van der Waals surface area contributed by atoms with Crippen molar-refractivity contribution >= 4 is 16.9 Å². The smallest absolute Gasteiger partial charge is 0.263 e. The molecular formula is C18H20N4O. The van der Waals surface area contributed by atoms with Gasteiger partial charge >= 0.3 is 0 Å². The number of nitrogens with zero attached hydrogens (tertiary/aromatic N) is 4. The Morgan fingerprint density at radius 3 is 2.57 bits per heavy atom. The molecule has 3 aromatic rings. The molecule has 0 amide bonds. The molecule has 0 unspecified atom stereocenters. The number of aryl methyl sites for hydroxylation is 1. The Bertz CT molecular complexity index is 835. The molecule has 1 aromatic carbocycles. The Labute approximate surface area is 135 Å². The Morgan fingerprint density at radius 1 is 1.13 bits per heavy atom. The fourth-order valence-corrected chi connectivity index (χ4v) is 3.58. The van der Waals surface area contributed by atoms with Gasteiger partial charge in [-0.05, 0) is 18.4 Å². The molecule has 5 nitrogen and oxygen atoms in total. The third-order valence-corrected chi connectivity index (χ3v) is 5.12. The van der Waals surface area contributed by atoms with Crippen LogP contribution in [0.5, 0.6) is 0 Å². The first-order chi connectivity index (χ1) is 11.1. The average molecular weight is 308 g/mol. The van der Waals surface area contributed by atoms with Gasteiger partial charge in [-0.3, -0.25) is 0 Å². The van der Waals surface area contributed by atoms with Gasteiger partial charge in [0.15, 0.2) is 0 Å². The quantitative estimate of drug-likeness (QED) is 0.743. The molecule has 5 heteroatoms. The molecule has 0 saturated carbocycles. The predicted octanol–water partition coefficient (Wildman–Crippen LogP) is 3.34. The van der Waals surface area contributed by atoms with Crippen molar-refractivity contribution in [2.45, 2.75) is 26.2 Å². The van der Waals surface area contributed by atoms with Crippen molar-refractivity contribution in [2.24, 2.45) is 5.92 Å². The Morgan fingerprint density at radius 2 is 1.87 bits per heavy atom. The van der Waals surface area contributed by atoms with Gasteiger partial charge in [0.05, 0.1) is 5.69 Å². The zero-order valence-corrected chi connectivity index (χ0v) is 13.7. The van der Waals surface area contributed by atoms with Crippen molar-refractivity contribution in [1.82, 2.24) is 15.1 Å². The summed E-state index contributed by atoms with van der Waals surface area (Å²) in [4.78, 5) is 11.0. The molecule has 4 rings (SSSR count). The number of hydrogen-bond donors (Lipinski definition) is 0. The van der Waals surface area contributed by atoms with Crippen LogP contribution in [0.2, 0.25) is 0 Å². The second-order valence-corrected chi connectivity index (χ2v) is 6.68. The molecule has 0 radical (unpaired) electrons. The van der Waals surface area contributed by atoms with E-state index >= 15 is 0 Å². The standard InChI is InChI=1S/C18H20N4O/c1-12(2)18(14-7-5-4-6-8-14)9-22(10-18)16-15-13(3)21-23-17(15)20-11-19-16/h4-8,11-12H,9-10H2,1-3H3. The molecule has 0 N–H and O–H groups in total. The summed E-state index contributed by atoms with van der Waals surface area (Å²) in [5.74, 6) is 1.49. The summed E-state index contributed by atoms with van der Waals surface area (Å²) in [6.45, 7) is 8.43. The van der Waals surface area contributed by atoms with E-state index in [-0.39, 0.29) is 5.41 Å². The van der Waals surface area contributed by atoms with E-state index in [0.29, 0.717) is 11.6 Å². The first-order valence-electron chi connectivity index (χ1n) is 7.99. The number of aromatic nitrogens is 3. The minimum atomic E-state index is 0.170. The van der Waals surface area contributed by atoms with Gasteiger partial charge in [-0.2, -0.15) is 4.98 Å². The van der Waals surface area contributed by atoms with Crippen LogP contribution in [0.4, 0.5) is 5.82 Å². The molecule has 0 atom stereocenters. The van der Waals surface area contributed by atoms with E-state index in [9.17, 15) is 0 Å².